The van der Waals surface area contributed by atoms with Gasteiger partial charge in [-0.25, -0.2) is 9.48 Å². The van der Waals surface area contributed by atoms with Crippen LogP contribution in [0.15, 0.2) is 60.8 Å². The summed E-state index contributed by atoms with van der Waals surface area (Å²) in [6, 6.07) is 14.4. The quantitative estimate of drug-likeness (QED) is 0.440. The molecule has 0 radical (unpaired) electrons. The van der Waals surface area contributed by atoms with Gasteiger partial charge in [-0.05, 0) is 37.3 Å². The van der Waals surface area contributed by atoms with Crippen molar-refractivity contribution >= 4 is 23.8 Å². The molecule has 1 N–H and O–H groups in total. The Morgan fingerprint density at radius 3 is 2.55 bits per heavy atom. The molecular formula is C23H23N3O5. The second-order valence-corrected chi connectivity index (χ2v) is 6.31. The van der Waals surface area contributed by atoms with Gasteiger partial charge in [0.15, 0.2) is 5.82 Å². The molecule has 0 spiro atoms. The number of esters is 1. The fourth-order valence-corrected chi connectivity index (χ4v) is 2.87. The van der Waals surface area contributed by atoms with Crippen LogP contribution in [0.25, 0.3) is 11.8 Å². The highest BCUT2D eigenvalue weighted by atomic mass is 16.5. The largest absolute Gasteiger partial charge is 0.497 e. The number of anilines is 1. The van der Waals surface area contributed by atoms with E-state index in [4.69, 9.17) is 14.2 Å². The maximum atomic E-state index is 12.7. The van der Waals surface area contributed by atoms with Crippen LogP contribution in [-0.4, -0.2) is 42.5 Å². The molecule has 1 heterocycles. The summed E-state index contributed by atoms with van der Waals surface area (Å²) < 4.78 is 17.1. The summed E-state index contributed by atoms with van der Waals surface area (Å²) in [7, 11) is 3.10. The van der Waals surface area contributed by atoms with E-state index in [1.807, 2.05) is 30.3 Å². The standard InChI is InChI=1S/C23H23N3O5/c1-4-31-23(28)19-15-24-26(17-8-6-5-7-9-17)22(19)25-21(27)13-11-16-10-12-18(29-2)14-20(16)30-3/h5-15H,4H2,1-3H3,(H,25,27)/b13-11+. The first-order valence-corrected chi connectivity index (χ1v) is 9.59. The van der Waals surface area contributed by atoms with Gasteiger partial charge in [0.1, 0.15) is 17.1 Å². The van der Waals surface area contributed by atoms with E-state index in [0.717, 1.165) is 0 Å². The molecule has 1 aromatic heterocycles. The Hall–Kier alpha value is -4.07. The lowest BCUT2D eigenvalue weighted by molar-refractivity contribution is -0.111. The molecule has 160 valence electrons. The number of hydrogen-bond acceptors (Lipinski definition) is 6. The van der Waals surface area contributed by atoms with Crippen LogP contribution < -0.4 is 14.8 Å². The van der Waals surface area contributed by atoms with Crippen LogP contribution in [-0.2, 0) is 9.53 Å². The van der Waals surface area contributed by atoms with Crippen molar-refractivity contribution in [1.82, 2.24) is 9.78 Å². The van der Waals surface area contributed by atoms with Crippen LogP contribution in [0.1, 0.15) is 22.8 Å². The van der Waals surface area contributed by atoms with Crippen molar-refractivity contribution in [1.29, 1.82) is 0 Å². The lowest BCUT2D eigenvalue weighted by atomic mass is 10.1. The van der Waals surface area contributed by atoms with Crippen LogP contribution in [0.3, 0.4) is 0 Å². The highest BCUT2D eigenvalue weighted by molar-refractivity contribution is 6.06. The maximum absolute atomic E-state index is 12.7. The first-order valence-electron chi connectivity index (χ1n) is 9.59. The molecule has 0 aliphatic heterocycles. The van der Waals surface area contributed by atoms with Gasteiger partial charge in [0.2, 0.25) is 5.91 Å². The Labute approximate surface area is 180 Å². The minimum Gasteiger partial charge on any atom is -0.497 e. The molecule has 8 nitrogen and oxygen atoms in total. The molecule has 0 saturated carbocycles. The van der Waals surface area contributed by atoms with E-state index in [0.29, 0.717) is 22.7 Å². The average molecular weight is 421 g/mol. The lowest BCUT2D eigenvalue weighted by Gasteiger charge is -2.10. The third-order valence-corrected chi connectivity index (χ3v) is 4.36. The highest BCUT2D eigenvalue weighted by Crippen LogP contribution is 2.26. The smallest absolute Gasteiger partial charge is 0.343 e. The predicted octanol–water partition coefficient (Wildman–Crippen LogP) is 3.72. The summed E-state index contributed by atoms with van der Waals surface area (Å²) in [5.74, 6) is 0.414. The summed E-state index contributed by atoms with van der Waals surface area (Å²) >= 11 is 0. The Morgan fingerprint density at radius 1 is 1.10 bits per heavy atom. The van der Waals surface area contributed by atoms with Gasteiger partial charge >= 0.3 is 5.97 Å². The van der Waals surface area contributed by atoms with Crippen LogP contribution in [0, 0.1) is 0 Å². The van der Waals surface area contributed by atoms with Crippen molar-refractivity contribution in [3.05, 3.63) is 71.9 Å². The van der Waals surface area contributed by atoms with E-state index >= 15 is 0 Å². The van der Waals surface area contributed by atoms with Gasteiger partial charge in [-0.2, -0.15) is 5.10 Å². The molecule has 0 saturated heterocycles. The van der Waals surface area contributed by atoms with Gasteiger partial charge in [-0.15, -0.1) is 0 Å². The fraction of sp³-hybridized carbons (Fsp3) is 0.174. The van der Waals surface area contributed by atoms with E-state index in [1.165, 1.54) is 24.1 Å². The molecule has 2 aromatic carbocycles. The molecule has 31 heavy (non-hydrogen) atoms. The Morgan fingerprint density at radius 2 is 1.87 bits per heavy atom. The van der Waals surface area contributed by atoms with Crippen molar-refractivity contribution in [2.24, 2.45) is 0 Å². The first kappa shape index (κ1) is 21.6. The SMILES string of the molecule is CCOC(=O)c1cnn(-c2ccccc2)c1NC(=O)/C=C/c1ccc(OC)cc1OC. The average Bonchev–Trinajstić information content (AvgIpc) is 3.21. The zero-order chi connectivity index (χ0) is 22.2. The van der Waals surface area contributed by atoms with E-state index in [2.05, 4.69) is 10.4 Å². The van der Waals surface area contributed by atoms with Gasteiger partial charge in [0.05, 0.1) is 32.7 Å². The number of methoxy groups -OCH3 is 2. The molecular weight excluding hydrogens is 398 g/mol. The lowest BCUT2D eigenvalue weighted by Crippen LogP contribution is -2.16. The molecule has 3 aromatic rings. The van der Waals surface area contributed by atoms with Gasteiger partial charge in [-0.3, -0.25) is 4.79 Å². The molecule has 0 fully saturated rings. The molecule has 0 bridgehead atoms. The maximum Gasteiger partial charge on any atom is 0.343 e. The number of rotatable bonds is 8. The Kier molecular flexibility index (Phi) is 7.05. The van der Waals surface area contributed by atoms with Crippen molar-refractivity contribution in [3.63, 3.8) is 0 Å². The first-order chi connectivity index (χ1) is 15.1. The van der Waals surface area contributed by atoms with Gasteiger partial charge in [0, 0.05) is 17.7 Å². The Balaban J connectivity index is 1.89. The van der Waals surface area contributed by atoms with Crippen LogP contribution in [0.5, 0.6) is 11.5 Å². The summed E-state index contributed by atoms with van der Waals surface area (Å²) in [5, 5.41) is 6.99. The number of carbonyl (C=O) groups is 2. The predicted molar refractivity (Wildman–Crippen MR) is 117 cm³/mol. The molecule has 3 rings (SSSR count). The van der Waals surface area contributed by atoms with E-state index < -0.39 is 11.9 Å². The minimum absolute atomic E-state index is 0.162. The second kappa shape index (κ2) is 10.1. The number of nitrogens with one attached hydrogen (secondary N) is 1. The number of aromatic nitrogens is 2. The molecule has 0 atom stereocenters. The van der Waals surface area contributed by atoms with Crippen LogP contribution in [0.2, 0.25) is 0 Å². The monoisotopic (exact) mass is 421 g/mol. The summed E-state index contributed by atoms with van der Waals surface area (Å²) in [6.45, 7) is 1.92. The summed E-state index contributed by atoms with van der Waals surface area (Å²) in [4.78, 5) is 25.0. The number of benzene rings is 2. The van der Waals surface area contributed by atoms with Gasteiger partial charge < -0.3 is 19.5 Å². The molecule has 8 heteroatoms. The molecule has 1 amide bonds. The van der Waals surface area contributed by atoms with Crippen molar-refractivity contribution < 1.29 is 23.8 Å². The van der Waals surface area contributed by atoms with Crippen LogP contribution in [0.4, 0.5) is 5.82 Å². The Bertz CT molecular complexity index is 1090. The molecule has 0 unspecified atom stereocenters. The normalized spacial score (nSPS) is 10.7. The van der Waals surface area contributed by atoms with Gasteiger partial charge in [-0.1, -0.05) is 18.2 Å². The number of ether oxygens (including phenoxy) is 3. The minimum atomic E-state index is -0.569. The topological polar surface area (TPSA) is 91.7 Å². The zero-order valence-electron chi connectivity index (χ0n) is 17.5. The van der Waals surface area contributed by atoms with Gasteiger partial charge in [0.25, 0.3) is 0 Å². The number of para-hydroxylation sites is 1. The highest BCUT2D eigenvalue weighted by Gasteiger charge is 2.21. The summed E-state index contributed by atoms with van der Waals surface area (Å²) in [5.41, 5.74) is 1.55. The van der Waals surface area contributed by atoms with Crippen LogP contribution >= 0.6 is 0 Å². The fourth-order valence-electron chi connectivity index (χ4n) is 2.87. The third kappa shape index (κ3) is 5.11. The zero-order valence-corrected chi connectivity index (χ0v) is 17.5. The van der Waals surface area contributed by atoms with Crippen molar-refractivity contribution in [2.45, 2.75) is 6.92 Å². The van der Waals surface area contributed by atoms with Crippen molar-refractivity contribution in [2.75, 3.05) is 26.1 Å². The van der Waals surface area contributed by atoms with E-state index in [1.54, 1.807) is 38.3 Å². The number of nitrogens with zero attached hydrogens (tertiary/aromatic N) is 2. The second-order valence-electron chi connectivity index (χ2n) is 6.31. The molecule has 0 aliphatic carbocycles. The number of amides is 1. The van der Waals surface area contributed by atoms with E-state index in [9.17, 15) is 9.59 Å². The molecule has 0 aliphatic rings. The number of carbonyl (C=O) groups excluding carboxylic acids is 2. The third-order valence-electron chi connectivity index (χ3n) is 4.36. The van der Waals surface area contributed by atoms with Crippen molar-refractivity contribution in [3.8, 4) is 17.2 Å². The summed E-state index contributed by atoms with van der Waals surface area (Å²) in [6.07, 6.45) is 4.33. The van der Waals surface area contributed by atoms with E-state index in [-0.39, 0.29) is 18.0 Å². The number of hydrogen-bond donors (Lipinski definition) is 1.